The molecule has 2 aromatic carbocycles. The van der Waals surface area contributed by atoms with Crippen LogP contribution < -0.4 is 4.74 Å². The van der Waals surface area contributed by atoms with Crippen molar-refractivity contribution in [1.82, 2.24) is 10.1 Å². The summed E-state index contributed by atoms with van der Waals surface area (Å²) >= 11 is 4.78. The molecule has 0 aliphatic heterocycles. The molecule has 0 N–H and O–H groups in total. The molecule has 0 fully saturated rings. The molecule has 0 unspecified atom stereocenters. The summed E-state index contributed by atoms with van der Waals surface area (Å²) in [5, 5.41) is 3.94. The quantitative estimate of drug-likeness (QED) is 0.364. The smallest absolute Gasteiger partial charge is 0.316 e. The van der Waals surface area contributed by atoms with Crippen LogP contribution in [-0.4, -0.2) is 28.5 Å². The summed E-state index contributed by atoms with van der Waals surface area (Å²) < 4.78 is 16.9. The molecule has 1 aromatic heterocycles. The van der Waals surface area contributed by atoms with Gasteiger partial charge in [0.15, 0.2) is 6.61 Å². The van der Waals surface area contributed by atoms with Crippen LogP contribution in [-0.2, 0) is 16.1 Å². The van der Waals surface area contributed by atoms with E-state index < -0.39 is 0 Å². The van der Waals surface area contributed by atoms with E-state index in [9.17, 15) is 4.79 Å². The van der Waals surface area contributed by atoms with Gasteiger partial charge in [-0.15, -0.1) is 11.8 Å². The zero-order chi connectivity index (χ0) is 19.1. The second kappa shape index (κ2) is 9.57. The molecule has 3 rings (SSSR count). The molecule has 0 aliphatic carbocycles. The lowest BCUT2D eigenvalue weighted by Gasteiger charge is -2.06. The Kier molecular flexibility index (Phi) is 6.89. The van der Waals surface area contributed by atoms with Crippen LogP contribution in [0.4, 0.5) is 0 Å². The SMILES string of the molecule is CCOc1ccccc1-c1noc(COC(=O)CSc2ccc(Br)cc2)n1. The largest absolute Gasteiger partial charge is 0.493 e. The molecular formula is C19H17BrN2O4S. The average molecular weight is 449 g/mol. The van der Waals surface area contributed by atoms with E-state index in [0.717, 1.165) is 14.9 Å². The molecule has 0 saturated carbocycles. The zero-order valence-corrected chi connectivity index (χ0v) is 17.0. The van der Waals surface area contributed by atoms with Crippen LogP contribution in [0.2, 0.25) is 0 Å². The standard InChI is InChI=1S/C19H17BrN2O4S/c1-2-24-16-6-4-3-5-15(16)19-21-17(26-22-19)11-25-18(23)12-27-14-9-7-13(20)8-10-14/h3-10H,2,11-12H2,1H3. The second-order valence-corrected chi connectivity index (χ2v) is 7.31. The molecule has 140 valence electrons. The maximum Gasteiger partial charge on any atom is 0.316 e. The summed E-state index contributed by atoms with van der Waals surface area (Å²) in [6.45, 7) is 2.38. The summed E-state index contributed by atoms with van der Waals surface area (Å²) in [5.74, 6) is 1.16. The van der Waals surface area contributed by atoms with E-state index in [1.54, 1.807) is 0 Å². The maximum atomic E-state index is 11.9. The van der Waals surface area contributed by atoms with Crippen LogP contribution >= 0.6 is 27.7 Å². The highest BCUT2D eigenvalue weighted by Crippen LogP contribution is 2.27. The molecule has 0 amide bonds. The highest BCUT2D eigenvalue weighted by molar-refractivity contribution is 9.10. The number of thioether (sulfide) groups is 1. The lowest BCUT2D eigenvalue weighted by Crippen LogP contribution is -2.07. The van der Waals surface area contributed by atoms with Crippen molar-refractivity contribution < 1.29 is 18.8 Å². The molecule has 6 nitrogen and oxygen atoms in total. The van der Waals surface area contributed by atoms with E-state index >= 15 is 0 Å². The van der Waals surface area contributed by atoms with Crippen molar-refractivity contribution in [3.8, 4) is 17.1 Å². The number of carbonyl (C=O) groups is 1. The summed E-state index contributed by atoms with van der Waals surface area (Å²) in [6, 6.07) is 15.1. The van der Waals surface area contributed by atoms with E-state index in [1.807, 2.05) is 55.5 Å². The van der Waals surface area contributed by atoms with E-state index in [2.05, 4.69) is 26.1 Å². The Bertz CT molecular complexity index is 899. The number of nitrogens with zero attached hydrogens (tertiary/aromatic N) is 2. The molecule has 0 aliphatic rings. The van der Waals surface area contributed by atoms with Crippen LogP contribution in [0, 0.1) is 0 Å². The van der Waals surface area contributed by atoms with Gasteiger partial charge in [-0.05, 0) is 43.3 Å². The van der Waals surface area contributed by atoms with Crippen LogP contribution in [0.1, 0.15) is 12.8 Å². The average Bonchev–Trinajstić information content (AvgIpc) is 3.15. The minimum atomic E-state index is -0.350. The second-order valence-electron chi connectivity index (χ2n) is 5.34. The van der Waals surface area contributed by atoms with Gasteiger partial charge in [0.25, 0.3) is 5.89 Å². The van der Waals surface area contributed by atoms with Crippen molar-refractivity contribution in [3.05, 3.63) is 58.9 Å². The minimum Gasteiger partial charge on any atom is -0.493 e. The Morgan fingerprint density at radius 3 is 2.74 bits per heavy atom. The van der Waals surface area contributed by atoms with Crippen LogP contribution in [0.3, 0.4) is 0 Å². The van der Waals surface area contributed by atoms with Crippen molar-refractivity contribution in [1.29, 1.82) is 0 Å². The summed E-state index contributed by atoms with van der Waals surface area (Å²) in [6.07, 6.45) is 0. The lowest BCUT2D eigenvalue weighted by molar-refractivity contribution is -0.142. The molecule has 1 heterocycles. The number of halogens is 1. The van der Waals surface area contributed by atoms with Gasteiger partial charge in [-0.25, -0.2) is 0 Å². The third-order valence-electron chi connectivity index (χ3n) is 3.42. The van der Waals surface area contributed by atoms with Gasteiger partial charge in [0.1, 0.15) is 5.75 Å². The van der Waals surface area contributed by atoms with E-state index in [1.165, 1.54) is 11.8 Å². The number of para-hydroxylation sites is 1. The number of hydrogen-bond donors (Lipinski definition) is 0. The van der Waals surface area contributed by atoms with Crippen molar-refractivity contribution in [2.75, 3.05) is 12.4 Å². The Hall–Kier alpha value is -2.32. The van der Waals surface area contributed by atoms with Crippen LogP contribution in [0.5, 0.6) is 5.75 Å². The molecule has 0 atom stereocenters. The fourth-order valence-electron chi connectivity index (χ4n) is 2.21. The van der Waals surface area contributed by atoms with Crippen molar-refractivity contribution in [2.24, 2.45) is 0 Å². The van der Waals surface area contributed by atoms with Crippen molar-refractivity contribution in [2.45, 2.75) is 18.4 Å². The fourth-order valence-corrected chi connectivity index (χ4v) is 3.17. The first-order valence-corrected chi connectivity index (χ1v) is 10.0. The predicted octanol–water partition coefficient (Wildman–Crippen LogP) is 4.73. The van der Waals surface area contributed by atoms with Gasteiger partial charge in [-0.2, -0.15) is 4.98 Å². The Balaban J connectivity index is 1.53. The number of hydrogen-bond acceptors (Lipinski definition) is 7. The number of aromatic nitrogens is 2. The normalized spacial score (nSPS) is 10.6. The zero-order valence-electron chi connectivity index (χ0n) is 14.6. The molecular weight excluding hydrogens is 432 g/mol. The van der Waals surface area contributed by atoms with Crippen molar-refractivity contribution >= 4 is 33.7 Å². The topological polar surface area (TPSA) is 74.5 Å². The molecule has 0 spiro atoms. The first-order valence-electron chi connectivity index (χ1n) is 8.24. The predicted molar refractivity (Wildman–Crippen MR) is 106 cm³/mol. The summed E-state index contributed by atoms with van der Waals surface area (Å²) in [7, 11) is 0. The number of rotatable bonds is 8. The lowest BCUT2D eigenvalue weighted by atomic mass is 10.2. The molecule has 0 radical (unpaired) electrons. The van der Waals surface area contributed by atoms with E-state index in [0.29, 0.717) is 18.2 Å². The highest BCUT2D eigenvalue weighted by Gasteiger charge is 2.14. The van der Waals surface area contributed by atoms with Gasteiger partial charge in [0.05, 0.1) is 17.9 Å². The number of ether oxygens (including phenoxy) is 2. The van der Waals surface area contributed by atoms with Gasteiger partial charge < -0.3 is 14.0 Å². The molecule has 3 aromatic rings. The Morgan fingerprint density at radius 2 is 1.96 bits per heavy atom. The number of esters is 1. The Labute approximate surface area is 169 Å². The molecule has 8 heteroatoms. The van der Waals surface area contributed by atoms with Gasteiger partial charge in [-0.3, -0.25) is 4.79 Å². The summed E-state index contributed by atoms with van der Waals surface area (Å²) in [5.41, 5.74) is 0.728. The number of benzene rings is 2. The van der Waals surface area contributed by atoms with Gasteiger partial charge in [0, 0.05) is 9.37 Å². The molecule has 0 saturated heterocycles. The third kappa shape index (κ3) is 5.58. The monoisotopic (exact) mass is 448 g/mol. The van der Waals surface area contributed by atoms with Crippen LogP contribution in [0.25, 0.3) is 11.4 Å². The highest BCUT2D eigenvalue weighted by atomic mass is 79.9. The van der Waals surface area contributed by atoms with Crippen LogP contribution in [0.15, 0.2) is 62.4 Å². The van der Waals surface area contributed by atoms with Gasteiger partial charge in [0.2, 0.25) is 5.82 Å². The first-order chi connectivity index (χ1) is 13.2. The first kappa shape index (κ1) is 19.4. The molecule has 27 heavy (non-hydrogen) atoms. The van der Waals surface area contributed by atoms with Gasteiger partial charge >= 0.3 is 5.97 Å². The van der Waals surface area contributed by atoms with Crippen molar-refractivity contribution in [3.63, 3.8) is 0 Å². The summed E-state index contributed by atoms with van der Waals surface area (Å²) in [4.78, 5) is 17.2. The van der Waals surface area contributed by atoms with Gasteiger partial charge in [-0.1, -0.05) is 33.2 Å². The fraction of sp³-hybridized carbons (Fsp3) is 0.211. The Morgan fingerprint density at radius 1 is 1.19 bits per heavy atom. The third-order valence-corrected chi connectivity index (χ3v) is 4.94. The number of carbonyl (C=O) groups excluding carboxylic acids is 1. The maximum absolute atomic E-state index is 11.9. The molecule has 0 bridgehead atoms. The minimum absolute atomic E-state index is 0.0659. The van der Waals surface area contributed by atoms with E-state index in [4.69, 9.17) is 14.0 Å². The van der Waals surface area contributed by atoms with E-state index in [-0.39, 0.29) is 24.2 Å².